The van der Waals surface area contributed by atoms with Crippen LogP contribution in [-0.4, -0.2) is 41.3 Å². The van der Waals surface area contributed by atoms with Crippen molar-refractivity contribution in [3.63, 3.8) is 0 Å². The number of aliphatic hydroxyl groups is 1. The van der Waals surface area contributed by atoms with E-state index in [2.05, 4.69) is 33.7 Å². The lowest BCUT2D eigenvalue weighted by molar-refractivity contribution is 0.0943. The molecule has 0 spiro atoms. The first-order chi connectivity index (χ1) is 12.2. The maximum atomic E-state index is 12.2. The van der Waals surface area contributed by atoms with Crippen LogP contribution in [0.1, 0.15) is 56.1 Å². The highest BCUT2D eigenvalue weighted by Crippen LogP contribution is 2.18. The van der Waals surface area contributed by atoms with Gasteiger partial charge < -0.3 is 15.7 Å². The third-order valence-corrected chi connectivity index (χ3v) is 5.45. The highest BCUT2D eigenvalue weighted by molar-refractivity contribution is 5.74. The number of urea groups is 1. The second kappa shape index (κ2) is 9.20. The van der Waals surface area contributed by atoms with Crippen molar-refractivity contribution in [2.45, 2.75) is 70.2 Å². The van der Waals surface area contributed by atoms with Crippen molar-refractivity contribution in [1.29, 1.82) is 0 Å². The number of hydrogen-bond donors (Lipinski definition) is 3. The molecule has 0 radical (unpaired) electrons. The van der Waals surface area contributed by atoms with E-state index in [1.807, 2.05) is 6.07 Å². The molecule has 2 amide bonds. The summed E-state index contributed by atoms with van der Waals surface area (Å²) >= 11 is 0. The van der Waals surface area contributed by atoms with Crippen LogP contribution >= 0.6 is 0 Å². The zero-order valence-corrected chi connectivity index (χ0v) is 15.0. The molecule has 1 aliphatic carbocycles. The molecule has 1 heterocycles. The molecule has 2 aliphatic rings. The number of carbonyl (C=O) groups is 1. The Balaban J connectivity index is 1.51. The topological polar surface area (TPSA) is 64.6 Å². The van der Waals surface area contributed by atoms with E-state index >= 15 is 0 Å². The molecule has 1 aromatic carbocycles. The second-order valence-corrected chi connectivity index (χ2v) is 7.39. The van der Waals surface area contributed by atoms with Crippen molar-refractivity contribution < 1.29 is 9.90 Å². The van der Waals surface area contributed by atoms with Crippen molar-refractivity contribution in [2.75, 3.05) is 13.1 Å². The van der Waals surface area contributed by atoms with Crippen LogP contribution in [0, 0.1) is 0 Å². The van der Waals surface area contributed by atoms with Gasteiger partial charge in [0, 0.05) is 13.1 Å². The molecule has 0 aromatic heterocycles. The molecule has 2 fully saturated rings. The Hall–Kier alpha value is -1.59. The van der Waals surface area contributed by atoms with Gasteiger partial charge >= 0.3 is 6.03 Å². The maximum Gasteiger partial charge on any atom is 0.315 e. The molecule has 2 atom stereocenters. The van der Waals surface area contributed by atoms with E-state index in [-0.39, 0.29) is 12.1 Å². The first-order valence-corrected chi connectivity index (χ1v) is 9.74. The summed E-state index contributed by atoms with van der Waals surface area (Å²) in [4.78, 5) is 14.7. The smallest absolute Gasteiger partial charge is 0.315 e. The fourth-order valence-corrected chi connectivity index (χ4v) is 3.92. The Bertz CT molecular complexity index is 558. The largest absolute Gasteiger partial charge is 0.391 e. The van der Waals surface area contributed by atoms with E-state index < -0.39 is 6.10 Å². The zero-order chi connectivity index (χ0) is 17.5. The Morgan fingerprint density at radius 2 is 1.76 bits per heavy atom. The van der Waals surface area contributed by atoms with Crippen molar-refractivity contribution in [1.82, 2.24) is 15.5 Å². The van der Waals surface area contributed by atoms with Crippen LogP contribution in [-0.2, 0) is 13.1 Å². The van der Waals surface area contributed by atoms with Gasteiger partial charge in [0.1, 0.15) is 0 Å². The predicted molar refractivity (Wildman–Crippen MR) is 99.2 cm³/mol. The summed E-state index contributed by atoms with van der Waals surface area (Å²) in [5, 5.41) is 15.9. The summed E-state index contributed by atoms with van der Waals surface area (Å²) in [6.07, 6.45) is 7.26. The molecular formula is C20H31N3O2. The maximum absolute atomic E-state index is 12.2. The first kappa shape index (κ1) is 18.2. The van der Waals surface area contributed by atoms with Gasteiger partial charge in [0.25, 0.3) is 0 Å². The van der Waals surface area contributed by atoms with Gasteiger partial charge in [-0.05, 0) is 49.9 Å². The Morgan fingerprint density at radius 1 is 1.04 bits per heavy atom. The minimum absolute atomic E-state index is 0.114. The molecule has 1 aliphatic heterocycles. The SMILES string of the molecule is O=C(NCc1ccccc1CN1CCCCC1)NC1CCCCC1O. The highest BCUT2D eigenvalue weighted by atomic mass is 16.3. The van der Waals surface area contributed by atoms with E-state index in [1.54, 1.807) is 0 Å². The standard InChI is InChI=1S/C20H31N3O2/c24-19-11-5-4-10-18(19)22-20(25)21-14-16-8-2-3-9-17(16)15-23-12-6-1-7-13-23/h2-3,8-9,18-19,24H,1,4-7,10-15H2,(H2,21,22,25). The molecule has 1 aromatic rings. The zero-order valence-electron chi connectivity index (χ0n) is 15.0. The number of hydrogen-bond acceptors (Lipinski definition) is 3. The number of amides is 2. The first-order valence-electron chi connectivity index (χ1n) is 9.74. The van der Waals surface area contributed by atoms with Gasteiger partial charge in [0.2, 0.25) is 0 Å². The van der Waals surface area contributed by atoms with E-state index in [1.165, 1.54) is 43.5 Å². The number of nitrogens with one attached hydrogen (secondary N) is 2. The lowest BCUT2D eigenvalue weighted by Crippen LogP contribution is -2.48. The number of benzene rings is 1. The summed E-state index contributed by atoms with van der Waals surface area (Å²) in [6, 6.07) is 8.06. The van der Waals surface area contributed by atoms with Crippen molar-refractivity contribution in [3.8, 4) is 0 Å². The van der Waals surface area contributed by atoms with Gasteiger partial charge in [-0.15, -0.1) is 0 Å². The molecule has 1 saturated carbocycles. The Kier molecular flexibility index (Phi) is 6.70. The van der Waals surface area contributed by atoms with Crippen molar-refractivity contribution in [2.24, 2.45) is 0 Å². The highest BCUT2D eigenvalue weighted by Gasteiger charge is 2.24. The average Bonchev–Trinajstić information content (AvgIpc) is 2.64. The Labute approximate surface area is 150 Å². The van der Waals surface area contributed by atoms with E-state index in [9.17, 15) is 9.90 Å². The molecular weight excluding hydrogens is 314 g/mol. The van der Waals surface area contributed by atoms with Crippen LogP contribution in [0.4, 0.5) is 4.79 Å². The number of piperidine rings is 1. The van der Waals surface area contributed by atoms with Gasteiger partial charge in [-0.25, -0.2) is 4.79 Å². The molecule has 138 valence electrons. The predicted octanol–water partition coefficient (Wildman–Crippen LogP) is 2.78. The number of aliphatic hydroxyl groups excluding tert-OH is 1. The number of nitrogens with zero attached hydrogens (tertiary/aromatic N) is 1. The van der Waals surface area contributed by atoms with Crippen LogP contribution in [0.5, 0.6) is 0 Å². The fraction of sp³-hybridized carbons (Fsp3) is 0.650. The molecule has 2 unspecified atom stereocenters. The van der Waals surface area contributed by atoms with Gasteiger partial charge in [-0.2, -0.15) is 0 Å². The summed E-state index contributed by atoms with van der Waals surface area (Å²) in [7, 11) is 0. The molecule has 5 heteroatoms. The third-order valence-electron chi connectivity index (χ3n) is 5.45. The average molecular weight is 345 g/mol. The molecule has 1 saturated heterocycles. The lowest BCUT2D eigenvalue weighted by atomic mass is 9.93. The van der Waals surface area contributed by atoms with Crippen molar-refractivity contribution >= 4 is 6.03 Å². The Morgan fingerprint density at radius 3 is 2.52 bits per heavy atom. The molecule has 3 N–H and O–H groups in total. The van der Waals surface area contributed by atoms with Crippen LogP contribution in [0.2, 0.25) is 0 Å². The van der Waals surface area contributed by atoms with Gasteiger partial charge in [0.15, 0.2) is 0 Å². The lowest BCUT2D eigenvalue weighted by Gasteiger charge is -2.28. The van der Waals surface area contributed by atoms with Crippen LogP contribution in [0.25, 0.3) is 0 Å². The minimum atomic E-state index is -0.411. The van der Waals surface area contributed by atoms with E-state index in [4.69, 9.17) is 0 Å². The summed E-state index contributed by atoms with van der Waals surface area (Å²) < 4.78 is 0. The van der Waals surface area contributed by atoms with Crippen molar-refractivity contribution in [3.05, 3.63) is 35.4 Å². The normalized spacial score (nSPS) is 24.7. The van der Waals surface area contributed by atoms with E-state index in [0.29, 0.717) is 6.54 Å². The second-order valence-electron chi connectivity index (χ2n) is 7.39. The van der Waals surface area contributed by atoms with Crippen LogP contribution in [0.3, 0.4) is 0 Å². The van der Waals surface area contributed by atoms with E-state index in [0.717, 1.165) is 32.2 Å². The fourth-order valence-electron chi connectivity index (χ4n) is 3.92. The quantitative estimate of drug-likeness (QED) is 0.769. The minimum Gasteiger partial charge on any atom is -0.391 e. The van der Waals surface area contributed by atoms with Crippen LogP contribution < -0.4 is 10.6 Å². The van der Waals surface area contributed by atoms with Crippen LogP contribution in [0.15, 0.2) is 24.3 Å². The molecule has 25 heavy (non-hydrogen) atoms. The number of carbonyl (C=O) groups excluding carboxylic acids is 1. The monoisotopic (exact) mass is 345 g/mol. The third kappa shape index (κ3) is 5.44. The number of rotatable bonds is 5. The summed E-state index contributed by atoms with van der Waals surface area (Å²) in [6.45, 7) is 3.82. The van der Waals surface area contributed by atoms with Gasteiger partial charge in [0.05, 0.1) is 12.1 Å². The molecule has 3 rings (SSSR count). The number of likely N-dealkylation sites (tertiary alicyclic amines) is 1. The van der Waals surface area contributed by atoms with Gasteiger partial charge in [-0.1, -0.05) is 43.5 Å². The molecule has 0 bridgehead atoms. The van der Waals surface area contributed by atoms with Gasteiger partial charge in [-0.3, -0.25) is 4.90 Å². The molecule has 5 nitrogen and oxygen atoms in total. The summed E-state index contributed by atoms with van der Waals surface area (Å²) in [5.41, 5.74) is 2.47. The summed E-state index contributed by atoms with van der Waals surface area (Å²) in [5.74, 6) is 0.